The molecule has 0 atom stereocenters. The monoisotopic (exact) mass is 373 g/mol. The zero-order valence-corrected chi connectivity index (χ0v) is 16.0. The van der Waals surface area contributed by atoms with Crippen LogP contribution in [0.4, 0.5) is 5.82 Å². The van der Waals surface area contributed by atoms with E-state index in [1.165, 1.54) is 0 Å². The number of nitrogens with two attached hydrogens (primary N) is 1. The molecule has 2 aromatic heterocycles. The van der Waals surface area contributed by atoms with Crippen molar-refractivity contribution in [2.45, 2.75) is 27.0 Å². The van der Waals surface area contributed by atoms with Crippen molar-refractivity contribution in [3.63, 3.8) is 0 Å². The third-order valence-electron chi connectivity index (χ3n) is 4.51. The highest BCUT2D eigenvalue weighted by Gasteiger charge is 2.18. The highest BCUT2D eigenvalue weighted by molar-refractivity contribution is 6.06. The number of hydrogen-bond donors (Lipinski definition) is 1. The van der Waals surface area contributed by atoms with Gasteiger partial charge in [0.15, 0.2) is 18.2 Å². The number of hydrogen-bond acceptors (Lipinski definition) is 5. The Morgan fingerprint density at radius 1 is 1.07 bits per heavy atom. The summed E-state index contributed by atoms with van der Waals surface area (Å²) < 4.78 is 2.18. The van der Waals surface area contributed by atoms with Crippen molar-refractivity contribution < 1.29 is 4.84 Å². The number of pyridine rings is 1. The van der Waals surface area contributed by atoms with Gasteiger partial charge in [-0.3, -0.25) is 0 Å². The quantitative estimate of drug-likeness (QED) is 0.402. The fraction of sp³-hybridized carbons (Fsp3) is 0.227. The van der Waals surface area contributed by atoms with Crippen LogP contribution in [-0.2, 0) is 18.0 Å². The Kier molecular flexibility index (Phi) is 4.93. The molecule has 6 nitrogen and oxygen atoms in total. The normalized spacial score (nSPS) is 11.8. The standard InChI is InChI=1S/C22H23N5O/c1-15(2)13-27-19(14-28-24-12-16-8-4-3-5-9-16)26-20-21(27)17-10-6-7-11-18(17)25-22(20)23/h3-12,15H,13-14H2,1-2H3,(H2,23,25)/b24-12+. The summed E-state index contributed by atoms with van der Waals surface area (Å²) in [6.07, 6.45) is 1.70. The van der Waals surface area contributed by atoms with Crippen molar-refractivity contribution in [1.29, 1.82) is 0 Å². The Bertz CT molecular complexity index is 1130. The van der Waals surface area contributed by atoms with Crippen LogP contribution in [0.15, 0.2) is 59.8 Å². The first-order valence-corrected chi connectivity index (χ1v) is 9.37. The Hall–Kier alpha value is -3.41. The van der Waals surface area contributed by atoms with Gasteiger partial charge in [0.05, 0.1) is 17.2 Å². The molecule has 4 aromatic rings. The maximum atomic E-state index is 6.21. The summed E-state index contributed by atoms with van der Waals surface area (Å²) in [4.78, 5) is 14.8. The molecule has 0 spiro atoms. The molecule has 0 radical (unpaired) electrons. The molecule has 28 heavy (non-hydrogen) atoms. The van der Waals surface area contributed by atoms with E-state index in [-0.39, 0.29) is 6.61 Å². The molecular weight excluding hydrogens is 350 g/mol. The van der Waals surface area contributed by atoms with Crippen LogP contribution in [0.25, 0.3) is 21.9 Å². The number of aromatic nitrogens is 3. The maximum absolute atomic E-state index is 6.21. The van der Waals surface area contributed by atoms with Gasteiger partial charge in [0.1, 0.15) is 5.52 Å². The zero-order valence-electron chi connectivity index (χ0n) is 16.0. The van der Waals surface area contributed by atoms with Gasteiger partial charge in [-0.15, -0.1) is 0 Å². The summed E-state index contributed by atoms with van der Waals surface area (Å²) in [6.45, 7) is 5.43. The van der Waals surface area contributed by atoms with E-state index < -0.39 is 0 Å². The van der Waals surface area contributed by atoms with Gasteiger partial charge in [-0.05, 0) is 17.5 Å². The van der Waals surface area contributed by atoms with Crippen LogP contribution in [0.2, 0.25) is 0 Å². The number of para-hydroxylation sites is 1. The molecule has 2 heterocycles. The number of nitrogens with zero attached hydrogens (tertiary/aromatic N) is 4. The SMILES string of the molecule is CC(C)Cn1c(CO/N=C/c2ccccc2)nc2c(N)nc3ccccc3c21. The van der Waals surface area contributed by atoms with Crippen molar-refractivity contribution >= 4 is 34.0 Å². The predicted molar refractivity (Wildman–Crippen MR) is 113 cm³/mol. The van der Waals surface area contributed by atoms with E-state index in [1.807, 2.05) is 48.5 Å². The fourth-order valence-corrected chi connectivity index (χ4v) is 3.31. The van der Waals surface area contributed by atoms with Crippen molar-refractivity contribution in [2.24, 2.45) is 11.1 Å². The Morgan fingerprint density at radius 2 is 1.82 bits per heavy atom. The van der Waals surface area contributed by atoms with Crippen LogP contribution in [0.3, 0.4) is 0 Å². The lowest BCUT2D eigenvalue weighted by Crippen LogP contribution is -2.09. The number of rotatable bonds is 6. The molecule has 0 aliphatic carbocycles. The van der Waals surface area contributed by atoms with Gasteiger partial charge in [0.2, 0.25) is 0 Å². The molecule has 0 aliphatic rings. The minimum Gasteiger partial charge on any atom is -0.388 e. The van der Waals surface area contributed by atoms with E-state index in [0.717, 1.165) is 34.4 Å². The van der Waals surface area contributed by atoms with Gasteiger partial charge < -0.3 is 15.1 Å². The third-order valence-corrected chi connectivity index (χ3v) is 4.51. The Morgan fingerprint density at radius 3 is 2.61 bits per heavy atom. The van der Waals surface area contributed by atoms with Gasteiger partial charge in [0.25, 0.3) is 0 Å². The lowest BCUT2D eigenvalue weighted by molar-refractivity contribution is 0.123. The lowest BCUT2D eigenvalue weighted by atomic mass is 10.1. The molecule has 0 unspecified atom stereocenters. The first-order valence-electron chi connectivity index (χ1n) is 9.37. The average molecular weight is 373 g/mol. The lowest BCUT2D eigenvalue weighted by Gasteiger charge is -2.12. The minimum atomic E-state index is 0.262. The molecule has 4 rings (SSSR count). The van der Waals surface area contributed by atoms with Crippen LogP contribution < -0.4 is 5.73 Å². The van der Waals surface area contributed by atoms with Gasteiger partial charge in [0, 0.05) is 11.9 Å². The molecule has 0 saturated heterocycles. The van der Waals surface area contributed by atoms with Crippen LogP contribution >= 0.6 is 0 Å². The number of benzene rings is 2. The van der Waals surface area contributed by atoms with Crippen LogP contribution in [0.5, 0.6) is 0 Å². The number of nitrogen functional groups attached to an aromatic ring is 1. The van der Waals surface area contributed by atoms with E-state index in [4.69, 9.17) is 15.6 Å². The van der Waals surface area contributed by atoms with Gasteiger partial charge >= 0.3 is 0 Å². The second-order valence-corrected chi connectivity index (χ2v) is 7.16. The number of imidazole rings is 1. The molecule has 6 heteroatoms. The van der Waals surface area contributed by atoms with E-state index in [0.29, 0.717) is 17.3 Å². The van der Waals surface area contributed by atoms with Crippen molar-refractivity contribution in [1.82, 2.24) is 14.5 Å². The first kappa shape index (κ1) is 18.0. The second-order valence-electron chi connectivity index (χ2n) is 7.16. The summed E-state index contributed by atoms with van der Waals surface area (Å²) in [5.74, 6) is 1.67. The average Bonchev–Trinajstić information content (AvgIpc) is 3.05. The first-order chi connectivity index (χ1) is 13.6. The van der Waals surface area contributed by atoms with Crippen molar-refractivity contribution in [3.05, 3.63) is 66.0 Å². The molecule has 2 N–H and O–H groups in total. The van der Waals surface area contributed by atoms with Gasteiger partial charge in [-0.2, -0.15) is 0 Å². The molecule has 0 aliphatic heterocycles. The molecule has 0 bridgehead atoms. The zero-order chi connectivity index (χ0) is 19.5. The van der Waals surface area contributed by atoms with Crippen molar-refractivity contribution in [2.75, 3.05) is 5.73 Å². The smallest absolute Gasteiger partial charge is 0.174 e. The van der Waals surface area contributed by atoms with E-state index in [9.17, 15) is 0 Å². The van der Waals surface area contributed by atoms with Crippen LogP contribution in [0.1, 0.15) is 25.2 Å². The number of anilines is 1. The predicted octanol–water partition coefficient (Wildman–Crippen LogP) is 4.37. The van der Waals surface area contributed by atoms with E-state index >= 15 is 0 Å². The molecule has 0 amide bonds. The van der Waals surface area contributed by atoms with Crippen LogP contribution in [0, 0.1) is 5.92 Å². The highest BCUT2D eigenvalue weighted by Crippen LogP contribution is 2.29. The Labute approximate surface area is 163 Å². The number of oxime groups is 1. The molecule has 142 valence electrons. The highest BCUT2D eigenvalue weighted by atomic mass is 16.6. The van der Waals surface area contributed by atoms with Gasteiger partial charge in [-0.1, -0.05) is 67.5 Å². The summed E-state index contributed by atoms with van der Waals surface area (Å²) in [7, 11) is 0. The topological polar surface area (TPSA) is 78.3 Å². The minimum absolute atomic E-state index is 0.262. The fourth-order valence-electron chi connectivity index (χ4n) is 3.31. The molecule has 0 fully saturated rings. The Balaban J connectivity index is 1.72. The van der Waals surface area contributed by atoms with E-state index in [2.05, 4.69) is 34.6 Å². The molecular formula is C22H23N5O. The summed E-state index contributed by atoms with van der Waals surface area (Å²) >= 11 is 0. The largest absolute Gasteiger partial charge is 0.388 e. The molecule has 0 saturated carbocycles. The van der Waals surface area contributed by atoms with Crippen molar-refractivity contribution in [3.8, 4) is 0 Å². The van der Waals surface area contributed by atoms with Crippen LogP contribution in [-0.4, -0.2) is 20.7 Å². The summed E-state index contributed by atoms with van der Waals surface area (Å²) in [5.41, 5.74) is 9.78. The molecule has 2 aromatic carbocycles. The van der Waals surface area contributed by atoms with E-state index in [1.54, 1.807) is 6.21 Å². The summed E-state index contributed by atoms with van der Waals surface area (Å²) in [6, 6.07) is 17.8. The van der Waals surface area contributed by atoms with Gasteiger partial charge in [-0.25, -0.2) is 9.97 Å². The number of fused-ring (bicyclic) bond motifs is 3. The third kappa shape index (κ3) is 3.53. The summed E-state index contributed by atoms with van der Waals surface area (Å²) in [5, 5.41) is 5.13. The maximum Gasteiger partial charge on any atom is 0.174 e. The second kappa shape index (κ2) is 7.68.